The third kappa shape index (κ3) is 5.87. The van der Waals surface area contributed by atoms with Crippen molar-refractivity contribution in [1.29, 1.82) is 0 Å². The number of carbonyl (C=O) groups is 2. The molecule has 2 atom stereocenters. The van der Waals surface area contributed by atoms with Crippen molar-refractivity contribution in [3.05, 3.63) is 77.9 Å². The number of rotatable bonds is 10. The van der Waals surface area contributed by atoms with Crippen LogP contribution in [0.1, 0.15) is 30.0 Å². The van der Waals surface area contributed by atoms with Crippen molar-refractivity contribution in [3.63, 3.8) is 0 Å². The molecule has 2 aliphatic heterocycles. The number of hydrogen-bond donors (Lipinski definition) is 1. The van der Waals surface area contributed by atoms with Crippen LogP contribution in [0.3, 0.4) is 0 Å². The van der Waals surface area contributed by atoms with E-state index >= 15 is 0 Å². The van der Waals surface area contributed by atoms with Crippen LogP contribution < -0.4 is 19.7 Å². The lowest BCUT2D eigenvalue weighted by Gasteiger charge is -2.32. The molecular formula is C31H34N6O5. The highest BCUT2D eigenvalue weighted by molar-refractivity contribution is 5.89. The van der Waals surface area contributed by atoms with Gasteiger partial charge >= 0.3 is 0 Å². The Kier molecular flexibility index (Phi) is 7.91. The summed E-state index contributed by atoms with van der Waals surface area (Å²) in [6.45, 7) is 1.29. The summed E-state index contributed by atoms with van der Waals surface area (Å²) in [6, 6.07) is 19.8. The van der Waals surface area contributed by atoms with E-state index in [1.807, 2.05) is 85.7 Å². The van der Waals surface area contributed by atoms with Gasteiger partial charge in [-0.05, 0) is 60.4 Å². The van der Waals surface area contributed by atoms with E-state index < -0.39 is 6.04 Å². The van der Waals surface area contributed by atoms with E-state index in [9.17, 15) is 9.59 Å². The Labute approximate surface area is 243 Å². The van der Waals surface area contributed by atoms with E-state index in [1.165, 1.54) is 0 Å². The standard InChI is InChI=1S/C31H34N6O5/c1-35(2)23-12-10-22(11-13-23)30(31(39)32-17-24-6-5-15-40-24)36(18-21-9-14-27-28(16-21)42-20-41-27)29(38)19-37-26-8-4-3-7-25(26)33-34-37/h3-4,7-14,16,24,30H,5-6,15,17-20H2,1-2H3,(H,32,39)/t24-,30+/m1/s1. The number of anilines is 1. The van der Waals surface area contributed by atoms with Gasteiger partial charge in [0, 0.05) is 39.5 Å². The monoisotopic (exact) mass is 570 g/mol. The number of fused-ring (bicyclic) bond motifs is 2. The second kappa shape index (κ2) is 12.1. The van der Waals surface area contributed by atoms with E-state index in [2.05, 4.69) is 15.6 Å². The Morgan fingerprint density at radius 2 is 1.86 bits per heavy atom. The van der Waals surface area contributed by atoms with Crippen molar-refractivity contribution in [2.45, 2.75) is 38.1 Å². The zero-order chi connectivity index (χ0) is 29.1. The van der Waals surface area contributed by atoms with Crippen molar-refractivity contribution in [1.82, 2.24) is 25.2 Å². The quantitative estimate of drug-likeness (QED) is 0.309. The molecule has 1 fully saturated rings. The highest BCUT2D eigenvalue weighted by Crippen LogP contribution is 2.34. The molecule has 2 aliphatic rings. The number of hydrogen-bond acceptors (Lipinski definition) is 8. The lowest BCUT2D eigenvalue weighted by Crippen LogP contribution is -2.46. The molecule has 0 bridgehead atoms. The molecule has 6 rings (SSSR count). The van der Waals surface area contributed by atoms with Gasteiger partial charge in [0.2, 0.25) is 18.6 Å². The van der Waals surface area contributed by atoms with Crippen molar-refractivity contribution in [3.8, 4) is 11.5 Å². The van der Waals surface area contributed by atoms with Crippen molar-refractivity contribution < 1.29 is 23.8 Å². The van der Waals surface area contributed by atoms with Gasteiger partial charge in [-0.3, -0.25) is 9.59 Å². The third-order valence-electron chi connectivity index (χ3n) is 7.63. The second-order valence-electron chi connectivity index (χ2n) is 10.7. The molecule has 1 N–H and O–H groups in total. The molecule has 11 nitrogen and oxygen atoms in total. The summed E-state index contributed by atoms with van der Waals surface area (Å²) in [7, 11) is 3.91. The molecule has 0 saturated carbocycles. The molecule has 0 unspecified atom stereocenters. The molecule has 1 aromatic heterocycles. The van der Waals surface area contributed by atoms with Gasteiger partial charge in [0.1, 0.15) is 18.1 Å². The molecule has 0 radical (unpaired) electrons. The van der Waals surface area contributed by atoms with Crippen LogP contribution in [0.15, 0.2) is 66.7 Å². The molecule has 218 valence electrons. The van der Waals surface area contributed by atoms with Gasteiger partial charge in [-0.15, -0.1) is 5.10 Å². The summed E-state index contributed by atoms with van der Waals surface area (Å²) in [6.07, 6.45) is 1.82. The van der Waals surface area contributed by atoms with Gasteiger partial charge in [-0.1, -0.05) is 35.5 Å². The maximum Gasteiger partial charge on any atom is 0.247 e. The number of carbonyl (C=O) groups excluding carboxylic acids is 2. The van der Waals surface area contributed by atoms with Gasteiger partial charge in [0.25, 0.3) is 0 Å². The SMILES string of the molecule is CN(C)c1ccc([C@@H](C(=O)NC[C@H]2CCCO2)N(Cc2ccc3c(c2)OCO3)C(=O)Cn2nnc3ccccc32)cc1. The van der Waals surface area contributed by atoms with Crippen molar-refractivity contribution in [2.24, 2.45) is 0 Å². The number of ether oxygens (including phenoxy) is 3. The molecule has 0 spiro atoms. The minimum Gasteiger partial charge on any atom is -0.454 e. The predicted molar refractivity (Wildman–Crippen MR) is 156 cm³/mol. The first-order valence-corrected chi connectivity index (χ1v) is 14.1. The topological polar surface area (TPSA) is 111 Å². The summed E-state index contributed by atoms with van der Waals surface area (Å²) in [5.74, 6) is 0.700. The predicted octanol–water partition coefficient (Wildman–Crippen LogP) is 3.29. The van der Waals surface area contributed by atoms with Crippen LogP contribution >= 0.6 is 0 Å². The first kappa shape index (κ1) is 27.5. The van der Waals surface area contributed by atoms with E-state index in [-0.39, 0.29) is 37.8 Å². The molecular weight excluding hydrogens is 536 g/mol. The Morgan fingerprint density at radius 1 is 1.05 bits per heavy atom. The number of aromatic nitrogens is 3. The minimum atomic E-state index is -0.907. The van der Waals surface area contributed by atoms with Gasteiger partial charge < -0.3 is 29.3 Å². The summed E-state index contributed by atoms with van der Waals surface area (Å²) in [5, 5.41) is 11.5. The smallest absolute Gasteiger partial charge is 0.247 e. The molecule has 0 aliphatic carbocycles. The first-order chi connectivity index (χ1) is 20.5. The Morgan fingerprint density at radius 3 is 2.64 bits per heavy atom. The van der Waals surface area contributed by atoms with E-state index in [1.54, 1.807) is 9.58 Å². The number of nitrogens with zero attached hydrogens (tertiary/aromatic N) is 5. The fourth-order valence-electron chi connectivity index (χ4n) is 5.36. The lowest BCUT2D eigenvalue weighted by molar-refractivity contribution is -0.142. The third-order valence-corrected chi connectivity index (χ3v) is 7.63. The van der Waals surface area contributed by atoms with E-state index in [0.29, 0.717) is 35.7 Å². The van der Waals surface area contributed by atoms with Gasteiger partial charge in [-0.25, -0.2) is 4.68 Å². The highest BCUT2D eigenvalue weighted by Gasteiger charge is 2.33. The van der Waals surface area contributed by atoms with Crippen molar-refractivity contribution >= 4 is 28.5 Å². The number of nitrogens with one attached hydrogen (secondary N) is 1. The molecule has 4 aromatic rings. The fourth-order valence-corrected chi connectivity index (χ4v) is 5.36. The molecule has 3 heterocycles. The largest absolute Gasteiger partial charge is 0.454 e. The Hall–Kier alpha value is -4.64. The van der Waals surface area contributed by atoms with E-state index in [0.717, 1.165) is 29.6 Å². The summed E-state index contributed by atoms with van der Waals surface area (Å²) < 4.78 is 18.4. The maximum absolute atomic E-state index is 14.2. The molecule has 11 heteroatoms. The zero-order valence-electron chi connectivity index (χ0n) is 23.7. The Bertz CT molecular complexity index is 1560. The zero-order valence-corrected chi connectivity index (χ0v) is 23.7. The van der Waals surface area contributed by atoms with Crippen LogP contribution in [0.25, 0.3) is 11.0 Å². The normalized spacial score (nSPS) is 16.4. The molecule has 42 heavy (non-hydrogen) atoms. The van der Waals surface area contributed by atoms with Crippen LogP contribution in [0.2, 0.25) is 0 Å². The molecule has 2 amide bonds. The van der Waals surface area contributed by atoms with E-state index in [4.69, 9.17) is 14.2 Å². The molecule has 1 saturated heterocycles. The van der Waals surface area contributed by atoms with Crippen LogP contribution in [-0.4, -0.2) is 71.9 Å². The summed E-state index contributed by atoms with van der Waals surface area (Å²) in [5.41, 5.74) is 3.92. The second-order valence-corrected chi connectivity index (χ2v) is 10.7. The van der Waals surface area contributed by atoms with Crippen molar-refractivity contribution in [2.75, 3.05) is 38.9 Å². The molecule has 3 aromatic carbocycles. The highest BCUT2D eigenvalue weighted by atomic mass is 16.7. The average Bonchev–Trinajstić information content (AvgIpc) is 3.78. The van der Waals surface area contributed by atoms with Gasteiger partial charge in [0.15, 0.2) is 11.5 Å². The number of para-hydroxylation sites is 1. The minimum absolute atomic E-state index is 0.0368. The fraction of sp³-hybridized carbons (Fsp3) is 0.355. The Balaban J connectivity index is 1.36. The summed E-state index contributed by atoms with van der Waals surface area (Å²) in [4.78, 5) is 31.8. The maximum atomic E-state index is 14.2. The van der Waals surface area contributed by atoms with Gasteiger partial charge in [-0.2, -0.15) is 0 Å². The van der Waals surface area contributed by atoms with Crippen LogP contribution in [-0.2, 0) is 27.4 Å². The lowest BCUT2D eigenvalue weighted by atomic mass is 10.0. The first-order valence-electron chi connectivity index (χ1n) is 14.1. The van der Waals surface area contributed by atoms with Crippen LogP contribution in [0, 0.1) is 0 Å². The average molecular weight is 571 g/mol. The van der Waals surface area contributed by atoms with Crippen LogP contribution in [0.4, 0.5) is 5.69 Å². The van der Waals surface area contributed by atoms with Crippen LogP contribution in [0.5, 0.6) is 11.5 Å². The number of benzene rings is 3. The van der Waals surface area contributed by atoms with Gasteiger partial charge in [0.05, 0.1) is 11.6 Å². The number of amides is 2. The summed E-state index contributed by atoms with van der Waals surface area (Å²) >= 11 is 0.